The maximum absolute atomic E-state index is 13.7. The number of rotatable bonds is 9. The van der Waals surface area contributed by atoms with Crippen LogP contribution in [0.15, 0.2) is 82.5 Å². The Bertz CT molecular complexity index is 1520. The minimum atomic E-state index is -4.02. The monoisotopic (exact) mass is 509 g/mol. The second-order valence-corrected chi connectivity index (χ2v) is 10.2. The molecular weight excluding hydrogens is 481 g/mol. The summed E-state index contributed by atoms with van der Waals surface area (Å²) in [7, 11) is -4.02. The molecule has 1 aromatic heterocycles. The molecule has 0 spiro atoms. The van der Waals surface area contributed by atoms with Crippen molar-refractivity contribution in [2.45, 2.75) is 38.1 Å². The van der Waals surface area contributed by atoms with E-state index in [1.165, 1.54) is 21.0 Å². The first-order valence-corrected chi connectivity index (χ1v) is 13.2. The summed E-state index contributed by atoms with van der Waals surface area (Å²) in [5, 5.41) is 0.422. The van der Waals surface area contributed by atoms with Crippen LogP contribution in [0.3, 0.4) is 0 Å². The highest BCUT2D eigenvalue weighted by atomic mass is 32.2. The highest BCUT2D eigenvalue weighted by Crippen LogP contribution is 2.29. The van der Waals surface area contributed by atoms with Crippen LogP contribution < -0.4 is 10.3 Å². The lowest BCUT2D eigenvalue weighted by Gasteiger charge is -2.29. The molecule has 0 N–H and O–H groups in total. The molecule has 4 aromatic rings. The van der Waals surface area contributed by atoms with Crippen molar-refractivity contribution in [1.29, 1.82) is 0 Å². The van der Waals surface area contributed by atoms with Crippen molar-refractivity contribution in [2.75, 3.05) is 13.2 Å². The van der Waals surface area contributed by atoms with Gasteiger partial charge in [0.25, 0.3) is 5.56 Å². The molecule has 0 aliphatic heterocycles. The van der Waals surface area contributed by atoms with Crippen molar-refractivity contribution in [1.82, 2.24) is 13.9 Å². The van der Waals surface area contributed by atoms with Crippen LogP contribution in [0.4, 0.5) is 4.39 Å². The number of para-hydroxylation sites is 1. The first kappa shape index (κ1) is 25.5. The molecule has 7 nitrogen and oxygen atoms in total. The third-order valence-corrected chi connectivity index (χ3v) is 7.86. The Kier molecular flexibility index (Phi) is 7.51. The topological polar surface area (TPSA) is 81.5 Å². The predicted molar refractivity (Wildman–Crippen MR) is 138 cm³/mol. The Morgan fingerprint density at radius 3 is 2.31 bits per heavy atom. The molecule has 3 aromatic carbocycles. The highest BCUT2D eigenvalue weighted by Gasteiger charge is 2.32. The van der Waals surface area contributed by atoms with Gasteiger partial charge < -0.3 is 4.74 Å². The summed E-state index contributed by atoms with van der Waals surface area (Å²) in [6.07, 6.45) is 0.533. The molecular formula is C27H28FN3O4S. The van der Waals surface area contributed by atoms with Crippen LogP contribution in [-0.4, -0.2) is 35.4 Å². The van der Waals surface area contributed by atoms with Gasteiger partial charge in [0.05, 0.1) is 34.1 Å². The number of hydrogen-bond acceptors (Lipinski definition) is 5. The Morgan fingerprint density at radius 2 is 1.67 bits per heavy atom. The summed E-state index contributed by atoms with van der Waals surface area (Å²) in [5.41, 5.74) is 0.712. The summed E-state index contributed by atoms with van der Waals surface area (Å²) >= 11 is 0. The van der Waals surface area contributed by atoms with Gasteiger partial charge in [-0.1, -0.05) is 19.1 Å². The van der Waals surface area contributed by atoms with Gasteiger partial charge in [0.2, 0.25) is 10.0 Å². The lowest BCUT2D eigenvalue weighted by atomic mass is 10.2. The molecule has 188 valence electrons. The number of hydrogen-bond donors (Lipinski definition) is 0. The number of ether oxygens (including phenoxy) is 1. The van der Waals surface area contributed by atoms with Gasteiger partial charge in [0.15, 0.2) is 0 Å². The number of benzene rings is 3. The molecule has 36 heavy (non-hydrogen) atoms. The van der Waals surface area contributed by atoms with Gasteiger partial charge in [-0.05, 0) is 80.9 Å². The summed E-state index contributed by atoms with van der Waals surface area (Å²) < 4.78 is 49.0. The molecule has 0 bridgehead atoms. The SMILES string of the molecule is CCCN(C(C)c1nc2ccccc2c(=O)n1-c1ccc(OCC)cc1)S(=O)(=O)c1ccc(F)cc1. The van der Waals surface area contributed by atoms with Crippen molar-refractivity contribution in [3.05, 3.63) is 94.8 Å². The van der Waals surface area contributed by atoms with E-state index in [9.17, 15) is 17.6 Å². The maximum atomic E-state index is 13.7. The molecule has 0 saturated heterocycles. The third-order valence-electron chi connectivity index (χ3n) is 5.88. The number of halogens is 1. The standard InChI is InChI=1S/C27H28FN3O4S/c1-4-18-30(36(33,34)23-16-10-20(28)11-17-23)19(3)26-29-25-9-7-6-8-24(25)27(32)31(26)21-12-14-22(15-13-21)35-5-2/h6-17,19H,4-5,18H2,1-3H3. The van der Waals surface area contributed by atoms with E-state index in [0.717, 1.165) is 12.1 Å². The lowest BCUT2D eigenvalue weighted by Crippen LogP contribution is -2.38. The predicted octanol–water partition coefficient (Wildman–Crippen LogP) is 5.09. The zero-order valence-corrected chi connectivity index (χ0v) is 21.2. The smallest absolute Gasteiger partial charge is 0.266 e. The Balaban J connectivity index is 1.91. The second kappa shape index (κ2) is 10.6. The average Bonchev–Trinajstić information content (AvgIpc) is 2.88. The minimum Gasteiger partial charge on any atom is -0.494 e. The van der Waals surface area contributed by atoms with Crippen LogP contribution in [-0.2, 0) is 10.0 Å². The molecule has 0 radical (unpaired) electrons. The van der Waals surface area contributed by atoms with Gasteiger partial charge in [-0.2, -0.15) is 4.31 Å². The van der Waals surface area contributed by atoms with E-state index >= 15 is 0 Å². The molecule has 9 heteroatoms. The fourth-order valence-corrected chi connectivity index (χ4v) is 5.84. The van der Waals surface area contributed by atoms with Gasteiger partial charge in [0.1, 0.15) is 17.4 Å². The fraction of sp³-hybridized carbons (Fsp3) is 0.259. The number of aromatic nitrogens is 2. The van der Waals surface area contributed by atoms with Crippen LogP contribution in [0, 0.1) is 5.82 Å². The van der Waals surface area contributed by atoms with Gasteiger partial charge in [-0.15, -0.1) is 0 Å². The van der Waals surface area contributed by atoms with E-state index in [0.29, 0.717) is 35.4 Å². The van der Waals surface area contributed by atoms with E-state index < -0.39 is 21.9 Å². The first-order valence-electron chi connectivity index (χ1n) is 11.8. The fourth-order valence-electron chi connectivity index (χ4n) is 4.15. The van der Waals surface area contributed by atoms with E-state index in [2.05, 4.69) is 0 Å². The van der Waals surface area contributed by atoms with E-state index in [1.54, 1.807) is 55.5 Å². The molecule has 0 aliphatic carbocycles. The molecule has 0 amide bonds. The van der Waals surface area contributed by atoms with Crippen LogP contribution in [0.5, 0.6) is 5.75 Å². The number of nitrogens with zero attached hydrogens (tertiary/aromatic N) is 3. The van der Waals surface area contributed by atoms with Gasteiger partial charge >= 0.3 is 0 Å². The molecule has 0 fully saturated rings. The maximum Gasteiger partial charge on any atom is 0.266 e. The summed E-state index contributed by atoms with van der Waals surface area (Å²) in [4.78, 5) is 18.4. The molecule has 1 heterocycles. The highest BCUT2D eigenvalue weighted by molar-refractivity contribution is 7.89. The van der Waals surface area contributed by atoms with Crippen LogP contribution in [0.25, 0.3) is 16.6 Å². The van der Waals surface area contributed by atoms with E-state index in [-0.39, 0.29) is 22.8 Å². The van der Waals surface area contributed by atoms with Crippen LogP contribution in [0.2, 0.25) is 0 Å². The number of fused-ring (bicyclic) bond motifs is 1. The molecule has 0 saturated carbocycles. The molecule has 1 atom stereocenters. The van der Waals surface area contributed by atoms with E-state index in [1.807, 2.05) is 13.8 Å². The second-order valence-electron chi connectivity index (χ2n) is 8.30. The Morgan fingerprint density at radius 1 is 1.00 bits per heavy atom. The molecule has 0 aliphatic rings. The quantitative estimate of drug-likeness (QED) is 0.314. The average molecular weight is 510 g/mol. The van der Waals surface area contributed by atoms with E-state index in [4.69, 9.17) is 9.72 Å². The molecule has 4 rings (SSSR count). The number of sulfonamides is 1. The molecule has 1 unspecified atom stereocenters. The first-order chi connectivity index (χ1) is 17.3. The van der Waals surface area contributed by atoms with Gasteiger partial charge in [-0.3, -0.25) is 9.36 Å². The summed E-state index contributed by atoms with van der Waals surface area (Å²) in [6.45, 7) is 6.15. The van der Waals surface area contributed by atoms with Crippen molar-refractivity contribution in [3.8, 4) is 11.4 Å². The lowest BCUT2D eigenvalue weighted by molar-refractivity contribution is 0.327. The third kappa shape index (κ3) is 4.89. The zero-order chi connectivity index (χ0) is 25.9. The van der Waals surface area contributed by atoms with Crippen molar-refractivity contribution < 1.29 is 17.5 Å². The van der Waals surface area contributed by atoms with Crippen molar-refractivity contribution in [2.24, 2.45) is 0 Å². The van der Waals surface area contributed by atoms with Gasteiger partial charge in [0, 0.05) is 6.54 Å². The normalized spacial score (nSPS) is 12.7. The summed E-state index contributed by atoms with van der Waals surface area (Å²) in [6, 6.07) is 17.9. The Labute approximate surface area is 209 Å². The summed E-state index contributed by atoms with van der Waals surface area (Å²) in [5.74, 6) is 0.413. The van der Waals surface area contributed by atoms with Crippen molar-refractivity contribution in [3.63, 3.8) is 0 Å². The van der Waals surface area contributed by atoms with Crippen molar-refractivity contribution >= 4 is 20.9 Å². The largest absolute Gasteiger partial charge is 0.494 e. The van der Waals surface area contributed by atoms with Crippen LogP contribution in [0.1, 0.15) is 39.1 Å². The van der Waals surface area contributed by atoms with Crippen LogP contribution >= 0.6 is 0 Å². The zero-order valence-electron chi connectivity index (χ0n) is 20.4. The van der Waals surface area contributed by atoms with Gasteiger partial charge in [-0.25, -0.2) is 17.8 Å². The Hall–Kier alpha value is -3.56. The minimum absolute atomic E-state index is 0.0278.